The SMILES string of the molecule is CNC1=CN=[N+]S1. The summed E-state index contributed by atoms with van der Waals surface area (Å²) in [5.74, 6) is 0. The number of nitrogens with one attached hydrogen (secondary N) is 1. The van der Waals surface area contributed by atoms with Crippen molar-refractivity contribution in [2.45, 2.75) is 0 Å². The number of nitrogens with zero attached hydrogens (tertiary/aromatic N) is 2. The predicted molar refractivity (Wildman–Crippen MR) is 29.3 cm³/mol. The van der Waals surface area contributed by atoms with Gasteiger partial charge in [0.25, 0.3) is 4.52 Å². The first-order valence-electron chi connectivity index (χ1n) is 1.88. The van der Waals surface area contributed by atoms with Gasteiger partial charge in [-0.25, -0.2) is 0 Å². The van der Waals surface area contributed by atoms with Gasteiger partial charge in [-0.2, -0.15) is 0 Å². The van der Waals surface area contributed by atoms with Gasteiger partial charge in [-0.1, -0.05) is 0 Å². The Balaban J connectivity index is 2.45. The van der Waals surface area contributed by atoms with Crippen LogP contribution in [0.4, 0.5) is 0 Å². The van der Waals surface area contributed by atoms with Gasteiger partial charge in [0.1, 0.15) is 6.20 Å². The first kappa shape index (κ1) is 4.64. The molecule has 0 aromatic rings. The molecule has 0 amide bonds. The Labute approximate surface area is 46.0 Å². The molecule has 0 aliphatic carbocycles. The highest BCUT2D eigenvalue weighted by Gasteiger charge is 2.12. The Bertz CT molecular complexity index is 117. The highest BCUT2D eigenvalue weighted by molar-refractivity contribution is 8.00. The molecule has 0 spiro atoms. The lowest BCUT2D eigenvalue weighted by Crippen LogP contribution is -1.99. The van der Waals surface area contributed by atoms with Crippen molar-refractivity contribution in [3.63, 3.8) is 0 Å². The third-order valence-electron chi connectivity index (χ3n) is 0.608. The topological polar surface area (TPSA) is 38.5 Å². The van der Waals surface area contributed by atoms with Crippen LogP contribution in [0.3, 0.4) is 0 Å². The van der Waals surface area contributed by atoms with Gasteiger partial charge in [-0.3, -0.25) is 0 Å². The molecule has 0 unspecified atom stereocenters. The van der Waals surface area contributed by atoms with Gasteiger partial charge in [0, 0.05) is 7.05 Å². The molecular weight excluding hydrogens is 110 g/mol. The van der Waals surface area contributed by atoms with Crippen LogP contribution in [-0.2, 0) is 0 Å². The lowest BCUT2D eigenvalue weighted by molar-refractivity contribution is 1.07. The zero-order valence-electron chi connectivity index (χ0n) is 3.88. The number of hydrogen-bond donors (Lipinski definition) is 1. The van der Waals surface area contributed by atoms with Crippen LogP contribution >= 0.6 is 11.9 Å². The van der Waals surface area contributed by atoms with Gasteiger partial charge in [0.05, 0.1) is 5.11 Å². The molecule has 0 aromatic carbocycles. The average Bonchev–Trinajstić information content (AvgIpc) is 2.14. The summed E-state index contributed by atoms with van der Waals surface area (Å²) in [6.45, 7) is 0. The van der Waals surface area contributed by atoms with Gasteiger partial charge >= 0.3 is 11.9 Å². The molecule has 1 heterocycles. The molecule has 0 bridgehead atoms. The first-order chi connectivity index (χ1) is 3.43. The fraction of sp³-hybridized carbons (Fsp3) is 0.333. The maximum Gasteiger partial charge on any atom is 0.332 e. The van der Waals surface area contributed by atoms with Crippen molar-refractivity contribution < 1.29 is 0 Å². The van der Waals surface area contributed by atoms with E-state index in [-0.39, 0.29) is 0 Å². The fourth-order valence-corrected chi connectivity index (χ4v) is 0.645. The molecule has 7 heavy (non-hydrogen) atoms. The molecule has 0 saturated heterocycles. The van der Waals surface area contributed by atoms with E-state index in [2.05, 4.69) is 15.0 Å². The summed E-state index contributed by atoms with van der Waals surface area (Å²) in [4.78, 5) is 0. The van der Waals surface area contributed by atoms with Crippen molar-refractivity contribution in [1.29, 1.82) is 0 Å². The van der Waals surface area contributed by atoms with Crippen LogP contribution < -0.4 is 9.84 Å². The normalized spacial score (nSPS) is 17.0. The van der Waals surface area contributed by atoms with Gasteiger partial charge in [0.15, 0.2) is 5.03 Å². The highest BCUT2D eigenvalue weighted by Crippen LogP contribution is 2.11. The predicted octanol–water partition coefficient (Wildman–Crippen LogP) is 0.454. The van der Waals surface area contributed by atoms with Gasteiger partial charge in [0.2, 0.25) is 0 Å². The average molecular weight is 115 g/mol. The van der Waals surface area contributed by atoms with Crippen molar-refractivity contribution in [1.82, 2.24) is 9.84 Å². The van der Waals surface area contributed by atoms with Gasteiger partial charge in [-0.05, 0) is 0 Å². The van der Waals surface area contributed by atoms with Crippen molar-refractivity contribution in [2.24, 2.45) is 5.11 Å². The second-order valence-corrected chi connectivity index (χ2v) is 1.82. The fourth-order valence-electron chi connectivity index (χ4n) is 0.277. The van der Waals surface area contributed by atoms with E-state index in [4.69, 9.17) is 0 Å². The van der Waals surface area contributed by atoms with Crippen molar-refractivity contribution in [3.05, 3.63) is 11.2 Å². The molecule has 3 nitrogen and oxygen atoms in total. The van der Waals surface area contributed by atoms with E-state index in [1.54, 1.807) is 6.20 Å². The maximum atomic E-state index is 3.62. The van der Waals surface area contributed by atoms with E-state index in [0.717, 1.165) is 5.03 Å². The van der Waals surface area contributed by atoms with E-state index in [1.807, 2.05) is 7.05 Å². The van der Waals surface area contributed by atoms with Crippen LogP contribution in [0.25, 0.3) is 0 Å². The second-order valence-electron chi connectivity index (χ2n) is 1.03. The third kappa shape index (κ3) is 0.928. The molecule has 1 rings (SSSR count). The molecule has 37 valence electrons. The van der Waals surface area contributed by atoms with Gasteiger partial charge < -0.3 is 5.32 Å². The number of hydrogen-bond acceptors (Lipinski definition) is 4. The molecule has 0 fully saturated rings. The van der Waals surface area contributed by atoms with Crippen LogP contribution in [0.5, 0.6) is 0 Å². The Morgan fingerprint density at radius 1 is 2.00 bits per heavy atom. The Morgan fingerprint density at radius 3 is 3.14 bits per heavy atom. The summed E-state index contributed by atoms with van der Waals surface area (Å²) < 4.78 is 3.62. The molecule has 1 N–H and O–H groups in total. The van der Waals surface area contributed by atoms with Crippen LogP contribution in [0, 0.1) is 0 Å². The monoisotopic (exact) mass is 115 g/mol. The quantitative estimate of drug-likeness (QED) is 0.504. The molecular formula is C3H5N3S+. The smallest absolute Gasteiger partial charge is 0.332 e. The molecule has 1 aliphatic heterocycles. The lowest BCUT2D eigenvalue weighted by atomic mass is 10.9. The van der Waals surface area contributed by atoms with E-state index in [0.29, 0.717) is 0 Å². The van der Waals surface area contributed by atoms with E-state index >= 15 is 0 Å². The Morgan fingerprint density at radius 2 is 2.86 bits per heavy atom. The van der Waals surface area contributed by atoms with E-state index < -0.39 is 0 Å². The van der Waals surface area contributed by atoms with Gasteiger partial charge in [-0.15, -0.1) is 0 Å². The van der Waals surface area contributed by atoms with E-state index in [9.17, 15) is 0 Å². The van der Waals surface area contributed by atoms with Crippen LogP contribution in [0.2, 0.25) is 0 Å². The summed E-state index contributed by atoms with van der Waals surface area (Å²) in [6.07, 6.45) is 1.69. The minimum atomic E-state index is 1.00. The third-order valence-corrected chi connectivity index (χ3v) is 1.29. The Kier molecular flexibility index (Phi) is 1.31. The summed E-state index contributed by atoms with van der Waals surface area (Å²) in [7, 11) is 1.84. The maximum absolute atomic E-state index is 3.62. The largest absolute Gasteiger partial charge is 0.376 e. The summed E-state index contributed by atoms with van der Waals surface area (Å²) in [6, 6.07) is 0. The van der Waals surface area contributed by atoms with Crippen molar-refractivity contribution in [3.8, 4) is 0 Å². The molecule has 0 atom stereocenters. The minimum Gasteiger partial charge on any atom is -0.376 e. The zero-order valence-corrected chi connectivity index (χ0v) is 4.70. The lowest BCUT2D eigenvalue weighted by Gasteiger charge is -1.82. The summed E-state index contributed by atoms with van der Waals surface area (Å²) in [5.41, 5.74) is 0. The second kappa shape index (κ2) is 1.97. The molecule has 0 saturated carbocycles. The highest BCUT2D eigenvalue weighted by atomic mass is 32.2. The van der Waals surface area contributed by atoms with Crippen LogP contribution in [-0.4, -0.2) is 7.05 Å². The summed E-state index contributed by atoms with van der Waals surface area (Å²) in [5, 5.41) is 7.50. The minimum absolute atomic E-state index is 1.00. The molecule has 1 aliphatic rings. The van der Waals surface area contributed by atoms with E-state index in [1.165, 1.54) is 11.9 Å². The molecule has 4 heteroatoms. The van der Waals surface area contributed by atoms with Crippen LogP contribution in [0.15, 0.2) is 16.3 Å². The van der Waals surface area contributed by atoms with Crippen molar-refractivity contribution >= 4 is 11.9 Å². The summed E-state index contributed by atoms with van der Waals surface area (Å²) >= 11 is 1.35. The zero-order chi connectivity index (χ0) is 5.11. The molecule has 1 radical (unpaired) electrons. The Hall–Kier alpha value is -0.510. The van der Waals surface area contributed by atoms with Crippen molar-refractivity contribution in [2.75, 3.05) is 7.05 Å². The first-order valence-corrected chi connectivity index (χ1v) is 2.66. The number of rotatable bonds is 1. The standard InChI is InChI=1S/C3H5N3S/c1-4-3-2-5-6-7-3/h2,4H,1H3/q+1. The van der Waals surface area contributed by atoms with Crippen LogP contribution in [0.1, 0.15) is 0 Å². The molecule has 0 aromatic heterocycles.